The average molecular weight is 316 g/mol. The van der Waals surface area contributed by atoms with Crippen LogP contribution < -0.4 is 5.32 Å². The number of rotatable bonds is 4. The minimum absolute atomic E-state index is 0.0344. The molecule has 124 valence electrons. The van der Waals surface area contributed by atoms with Crippen LogP contribution in [0.5, 0.6) is 0 Å². The van der Waals surface area contributed by atoms with Gasteiger partial charge in [-0.3, -0.25) is 4.79 Å². The fraction of sp³-hybridized carbons (Fsp3) is 0.444. The maximum Gasteiger partial charge on any atom is 0.352 e. The number of aromatic carboxylic acids is 1. The lowest BCUT2D eigenvalue weighted by molar-refractivity contribution is -0.124. The predicted octanol–water partition coefficient (Wildman–Crippen LogP) is 3.44. The Bertz CT molecular complexity index is 751. The number of hydrogen-bond acceptors (Lipinski definition) is 2. The van der Waals surface area contributed by atoms with Crippen molar-refractivity contribution in [3.05, 3.63) is 35.0 Å². The minimum Gasteiger partial charge on any atom is -0.477 e. The second kappa shape index (κ2) is 6.07. The first-order valence-corrected chi connectivity index (χ1v) is 7.77. The summed E-state index contributed by atoms with van der Waals surface area (Å²) in [6.07, 6.45) is 0. The molecule has 5 nitrogen and oxygen atoms in total. The molecule has 0 atom stereocenters. The summed E-state index contributed by atoms with van der Waals surface area (Å²) in [5, 5.41) is 13.1. The lowest BCUT2D eigenvalue weighted by Gasteiger charge is -2.19. The van der Waals surface area contributed by atoms with Gasteiger partial charge < -0.3 is 15.4 Å². The van der Waals surface area contributed by atoms with Gasteiger partial charge in [-0.25, -0.2) is 4.79 Å². The smallest absolute Gasteiger partial charge is 0.352 e. The summed E-state index contributed by atoms with van der Waals surface area (Å²) in [5.41, 5.74) is 2.61. The van der Waals surface area contributed by atoms with Gasteiger partial charge in [0.15, 0.2) is 0 Å². The molecule has 0 spiro atoms. The summed E-state index contributed by atoms with van der Waals surface area (Å²) >= 11 is 0. The number of fused-ring (bicyclic) bond motifs is 1. The van der Waals surface area contributed by atoms with E-state index in [0.29, 0.717) is 5.56 Å². The van der Waals surface area contributed by atoms with Crippen molar-refractivity contribution < 1.29 is 14.7 Å². The molecule has 5 heteroatoms. The zero-order valence-corrected chi connectivity index (χ0v) is 14.3. The Morgan fingerprint density at radius 3 is 2.43 bits per heavy atom. The third-order valence-electron chi connectivity index (χ3n) is 3.95. The second-order valence-corrected chi connectivity index (χ2v) is 7.17. The molecule has 0 aliphatic heterocycles. The molecule has 23 heavy (non-hydrogen) atoms. The third kappa shape index (κ3) is 3.55. The molecular weight excluding hydrogens is 292 g/mol. The number of aromatic nitrogens is 1. The van der Waals surface area contributed by atoms with E-state index in [2.05, 4.69) is 31.1 Å². The fourth-order valence-electron chi connectivity index (χ4n) is 2.46. The Kier molecular flexibility index (Phi) is 4.50. The number of hydrogen-bond donors (Lipinski definition) is 3. The largest absolute Gasteiger partial charge is 0.477 e. The molecule has 2 rings (SSSR count). The Hall–Kier alpha value is -2.30. The molecule has 0 unspecified atom stereocenters. The molecule has 0 aliphatic carbocycles. The van der Waals surface area contributed by atoms with Gasteiger partial charge in [-0.15, -0.1) is 0 Å². The van der Waals surface area contributed by atoms with E-state index < -0.39 is 5.97 Å². The molecule has 0 aliphatic rings. The van der Waals surface area contributed by atoms with Crippen LogP contribution in [0.1, 0.15) is 56.2 Å². The van der Waals surface area contributed by atoms with Crippen LogP contribution in [0.3, 0.4) is 0 Å². The standard InChI is InChI=1S/C18H24N2O3/c1-10(2)16(21)19-9-13-12-8-11(18(3,4)5)6-7-14(12)20-15(13)17(22)23/h6-8,10,20H,9H2,1-5H3,(H,19,21)(H,22,23). The number of carboxylic acids is 1. The lowest BCUT2D eigenvalue weighted by Crippen LogP contribution is -2.27. The van der Waals surface area contributed by atoms with Crippen molar-refractivity contribution in [3.8, 4) is 0 Å². The Morgan fingerprint density at radius 1 is 1.26 bits per heavy atom. The van der Waals surface area contributed by atoms with Crippen LogP contribution >= 0.6 is 0 Å². The van der Waals surface area contributed by atoms with E-state index in [1.54, 1.807) is 13.8 Å². The van der Waals surface area contributed by atoms with Crippen molar-refractivity contribution in [2.24, 2.45) is 5.92 Å². The predicted molar refractivity (Wildman–Crippen MR) is 90.6 cm³/mol. The van der Waals surface area contributed by atoms with E-state index in [9.17, 15) is 14.7 Å². The van der Waals surface area contributed by atoms with E-state index in [4.69, 9.17) is 0 Å². The number of carboxylic acid groups (broad SMARTS) is 1. The van der Waals surface area contributed by atoms with Crippen molar-refractivity contribution in [1.82, 2.24) is 10.3 Å². The molecule has 3 N–H and O–H groups in total. The number of benzene rings is 1. The zero-order chi connectivity index (χ0) is 17.4. The molecular formula is C18H24N2O3. The highest BCUT2D eigenvalue weighted by Crippen LogP contribution is 2.29. The Balaban J connectivity index is 2.51. The second-order valence-electron chi connectivity index (χ2n) is 7.17. The first-order valence-electron chi connectivity index (χ1n) is 7.77. The number of nitrogens with one attached hydrogen (secondary N) is 2. The highest BCUT2D eigenvalue weighted by atomic mass is 16.4. The van der Waals surface area contributed by atoms with Gasteiger partial charge in [0.25, 0.3) is 0 Å². The van der Waals surface area contributed by atoms with Crippen LogP contribution in [0, 0.1) is 5.92 Å². The van der Waals surface area contributed by atoms with E-state index in [-0.39, 0.29) is 29.5 Å². The average Bonchev–Trinajstić information content (AvgIpc) is 2.81. The lowest BCUT2D eigenvalue weighted by atomic mass is 9.86. The number of carbonyl (C=O) groups excluding carboxylic acids is 1. The SMILES string of the molecule is CC(C)C(=O)NCc1c(C(=O)O)[nH]c2ccc(C(C)(C)C)cc12. The maximum absolute atomic E-state index is 11.8. The van der Waals surface area contributed by atoms with E-state index in [1.807, 2.05) is 18.2 Å². The molecule has 1 aromatic carbocycles. The van der Waals surface area contributed by atoms with Crippen molar-refractivity contribution >= 4 is 22.8 Å². The fourth-order valence-corrected chi connectivity index (χ4v) is 2.46. The molecule has 0 saturated carbocycles. The monoisotopic (exact) mass is 316 g/mol. The van der Waals surface area contributed by atoms with E-state index in [1.165, 1.54) is 0 Å². The highest BCUT2D eigenvalue weighted by Gasteiger charge is 2.21. The Labute approximate surface area is 136 Å². The van der Waals surface area contributed by atoms with Gasteiger partial charge in [-0.1, -0.05) is 40.7 Å². The van der Waals surface area contributed by atoms with Crippen LogP contribution in [0.2, 0.25) is 0 Å². The van der Waals surface area contributed by atoms with Crippen molar-refractivity contribution in [2.45, 2.75) is 46.6 Å². The summed E-state index contributed by atoms with van der Waals surface area (Å²) in [7, 11) is 0. The first kappa shape index (κ1) is 17.1. The number of aromatic amines is 1. The molecule has 0 saturated heterocycles. The molecule has 1 aromatic heterocycles. The highest BCUT2D eigenvalue weighted by molar-refractivity contribution is 5.98. The zero-order valence-electron chi connectivity index (χ0n) is 14.3. The van der Waals surface area contributed by atoms with Gasteiger partial charge in [-0.2, -0.15) is 0 Å². The maximum atomic E-state index is 11.8. The first-order chi connectivity index (χ1) is 10.6. The molecule has 1 heterocycles. The number of amides is 1. The molecule has 0 bridgehead atoms. The third-order valence-corrected chi connectivity index (χ3v) is 3.95. The number of H-pyrrole nitrogens is 1. The van der Waals surface area contributed by atoms with Crippen molar-refractivity contribution in [1.29, 1.82) is 0 Å². The van der Waals surface area contributed by atoms with E-state index >= 15 is 0 Å². The van der Waals surface area contributed by atoms with Gasteiger partial charge in [0, 0.05) is 28.9 Å². The Morgan fingerprint density at radius 2 is 1.91 bits per heavy atom. The van der Waals surface area contributed by atoms with Crippen LogP contribution in [0.15, 0.2) is 18.2 Å². The van der Waals surface area contributed by atoms with Gasteiger partial charge >= 0.3 is 5.97 Å². The van der Waals surface area contributed by atoms with Gasteiger partial charge in [0.05, 0.1) is 0 Å². The van der Waals surface area contributed by atoms with Crippen LogP contribution in [-0.4, -0.2) is 22.0 Å². The molecule has 2 aromatic rings. The molecule has 0 radical (unpaired) electrons. The summed E-state index contributed by atoms with van der Waals surface area (Å²) in [4.78, 5) is 26.3. The minimum atomic E-state index is -1.02. The summed E-state index contributed by atoms with van der Waals surface area (Å²) in [6, 6.07) is 5.91. The van der Waals surface area contributed by atoms with Crippen molar-refractivity contribution in [3.63, 3.8) is 0 Å². The molecule has 0 fully saturated rings. The van der Waals surface area contributed by atoms with Crippen LogP contribution in [0.25, 0.3) is 10.9 Å². The summed E-state index contributed by atoms with van der Waals surface area (Å²) in [6.45, 7) is 10.1. The summed E-state index contributed by atoms with van der Waals surface area (Å²) in [5.74, 6) is -1.26. The van der Waals surface area contributed by atoms with Crippen LogP contribution in [-0.2, 0) is 16.8 Å². The topological polar surface area (TPSA) is 82.2 Å². The van der Waals surface area contributed by atoms with Gasteiger partial charge in [0.2, 0.25) is 5.91 Å². The van der Waals surface area contributed by atoms with Gasteiger partial charge in [0.1, 0.15) is 5.69 Å². The van der Waals surface area contributed by atoms with Crippen LogP contribution in [0.4, 0.5) is 0 Å². The summed E-state index contributed by atoms with van der Waals surface area (Å²) < 4.78 is 0. The quantitative estimate of drug-likeness (QED) is 0.808. The van der Waals surface area contributed by atoms with Crippen molar-refractivity contribution in [2.75, 3.05) is 0 Å². The normalized spacial score (nSPS) is 11.9. The van der Waals surface area contributed by atoms with E-state index in [0.717, 1.165) is 16.5 Å². The number of carbonyl (C=O) groups is 2. The van der Waals surface area contributed by atoms with Gasteiger partial charge in [-0.05, 0) is 23.1 Å². The molecule has 1 amide bonds.